The van der Waals surface area contributed by atoms with Gasteiger partial charge in [0.25, 0.3) is 17.7 Å². The van der Waals surface area contributed by atoms with Crippen molar-refractivity contribution in [1.82, 2.24) is 4.90 Å². The Labute approximate surface area is 189 Å². The van der Waals surface area contributed by atoms with Crippen molar-refractivity contribution in [3.05, 3.63) is 63.6 Å². The quantitative estimate of drug-likeness (QED) is 0.465. The number of amides is 3. The van der Waals surface area contributed by atoms with E-state index in [0.29, 0.717) is 17.1 Å². The zero-order valence-electron chi connectivity index (χ0n) is 16.7. The lowest BCUT2D eigenvalue weighted by molar-refractivity contribution is -0.151. The summed E-state index contributed by atoms with van der Waals surface area (Å²) in [6, 6.07) is 9.83. The molecule has 9 heteroatoms. The average Bonchev–Trinajstić information content (AvgIpc) is 3.00. The van der Waals surface area contributed by atoms with Crippen molar-refractivity contribution in [2.24, 2.45) is 0 Å². The first kappa shape index (κ1) is 22.8. The van der Waals surface area contributed by atoms with Gasteiger partial charge in [-0.15, -0.1) is 0 Å². The summed E-state index contributed by atoms with van der Waals surface area (Å²) in [6.07, 6.45) is 1.60. The van der Waals surface area contributed by atoms with Gasteiger partial charge in [0.15, 0.2) is 6.61 Å². The monoisotopic (exact) mass is 462 g/mol. The Morgan fingerprint density at radius 3 is 2.26 bits per heavy atom. The second kappa shape index (κ2) is 9.94. The maximum atomic E-state index is 12.7. The van der Waals surface area contributed by atoms with Gasteiger partial charge in [-0.05, 0) is 36.8 Å². The minimum Gasteiger partial charge on any atom is -0.454 e. The summed E-state index contributed by atoms with van der Waals surface area (Å²) < 4.78 is 5.14. The van der Waals surface area contributed by atoms with Crippen molar-refractivity contribution >= 4 is 52.6 Å². The number of hydrogen-bond donors (Lipinski definition) is 1. The highest BCUT2D eigenvalue weighted by molar-refractivity contribution is 6.42. The normalized spacial score (nSPS) is 13.7. The molecule has 1 heterocycles. The number of halogens is 2. The van der Waals surface area contributed by atoms with Crippen LogP contribution in [-0.2, 0) is 14.3 Å². The van der Waals surface area contributed by atoms with Gasteiger partial charge in [0.05, 0.1) is 21.2 Å². The molecule has 0 radical (unpaired) electrons. The van der Waals surface area contributed by atoms with Gasteiger partial charge in [-0.1, -0.05) is 55.1 Å². The van der Waals surface area contributed by atoms with Crippen molar-refractivity contribution < 1.29 is 23.9 Å². The fourth-order valence-corrected chi connectivity index (χ4v) is 3.54. The molecule has 3 rings (SSSR count). The Balaban J connectivity index is 1.68. The fraction of sp³-hybridized carbons (Fsp3) is 0.273. The Hall–Kier alpha value is -2.90. The highest BCUT2D eigenvalue weighted by atomic mass is 35.5. The van der Waals surface area contributed by atoms with E-state index in [9.17, 15) is 19.2 Å². The number of ether oxygens (including phenoxy) is 1. The summed E-state index contributed by atoms with van der Waals surface area (Å²) in [7, 11) is 0. The molecule has 1 atom stereocenters. The Morgan fingerprint density at radius 1 is 1.03 bits per heavy atom. The van der Waals surface area contributed by atoms with Crippen LogP contribution in [0.2, 0.25) is 10.0 Å². The third-order valence-corrected chi connectivity index (χ3v) is 5.53. The lowest BCUT2D eigenvalue weighted by Gasteiger charge is -2.24. The number of nitrogens with zero attached hydrogens (tertiary/aromatic N) is 1. The van der Waals surface area contributed by atoms with Crippen LogP contribution >= 0.6 is 23.2 Å². The van der Waals surface area contributed by atoms with Crippen LogP contribution in [0.5, 0.6) is 0 Å². The van der Waals surface area contributed by atoms with Crippen LogP contribution in [0.4, 0.5) is 5.69 Å². The Bertz CT molecular complexity index is 1010. The molecule has 1 aliphatic rings. The second-order valence-corrected chi connectivity index (χ2v) is 7.78. The number of fused-ring (bicyclic) bond motifs is 1. The minimum absolute atomic E-state index is 0.245. The number of carbonyl (C=O) groups is 4. The highest BCUT2D eigenvalue weighted by Gasteiger charge is 2.43. The molecular weight excluding hydrogens is 443 g/mol. The zero-order chi connectivity index (χ0) is 22.5. The smallest absolute Gasteiger partial charge is 0.329 e. The van der Waals surface area contributed by atoms with Gasteiger partial charge >= 0.3 is 5.97 Å². The largest absolute Gasteiger partial charge is 0.454 e. The van der Waals surface area contributed by atoms with E-state index in [1.807, 2.05) is 6.92 Å². The Kier molecular flexibility index (Phi) is 7.30. The number of rotatable bonds is 8. The maximum Gasteiger partial charge on any atom is 0.329 e. The molecule has 3 amide bonds. The molecule has 0 bridgehead atoms. The van der Waals surface area contributed by atoms with Crippen molar-refractivity contribution in [3.8, 4) is 0 Å². The van der Waals surface area contributed by atoms with E-state index in [4.69, 9.17) is 27.9 Å². The molecule has 31 heavy (non-hydrogen) atoms. The summed E-state index contributed by atoms with van der Waals surface area (Å²) >= 11 is 11.8. The SMILES string of the molecule is CCCC[C@@H](C(=O)OCC(=O)Nc1ccc(Cl)c(Cl)c1)N1C(=O)c2ccccc2C1=O. The molecule has 1 aliphatic heterocycles. The summed E-state index contributed by atoms with van der Waals surface area (Å²) in [6.45, 7) is 1.35. The predicted molar refractivity (Wildman–Crippen MR) is 116 cm³/mol. The number of anilines is 1. The Morgan fingerprint density at radius 2 is 1.68 bits per heavy atom. The van der Waals surface area contributed by atoms with E-state index in [1.165, 1.54) is 12.1 Å². The zero-order valence-corrected chi connectivity index (χ0v) is 18.2. The third-order valence-electron chi connectivity index (χ3n) is 4.79. The van der Waals surface area contributed by atoms with Gasteiger partial charge in [-0.2, -0.15) is 0 Å². The maximum absolute atomic E-state index is 12.7. The van der Waals surface area contributed by atoms with E-state index in [1.54, 1.807) is 30.3 Å². The molecule has 0 unspecified atom stereocenters. The fourth-order valence-electron chi connectivity index (χ4n) is 3.24. The highest BCUT2D eigenvalue weighted by Crippen LogP contribution is 2.27. The standard InChI is InChI=1S/C22H20Cl2N2O5/c1-2-3-8-18(26-20(28)14-6-4-5-7-15(14)21(26)29)22(30)31-12-19(27)25-13-9-10-16(23)17(24)11-13/h4-7,9-11,18H,2-3,8,12H2,1H3,(H,25,27)/t18-/m0/s1. The van der Waals surface area contributed by atoms with Crippen LogP contribution in [-0.4, -0.2) is 41.2 Å². The van der Waals surface area contributed by atoms with Gasteiger partial charge in [0.1, 0.15) is 6.04 Å². The number of carbonyl (C=O) groups excluding carboxylic acids is 4. The minimum atomic E-state index is -1.11. The van der Waals surface area contributed by atoms with Gasteiger partial charge in [-0.25, -0.2) is 4.79 Å². The second-order valence-electron chi connectivity index (χ2n) is 6.97. The summed E-state index contributed by atoms with van der Waals surface area (Å²) in [5.41, 5.74) is 0.886. The molecule has 7 nitrogen and oxygen atoms in total. The van der Waals surface area contributed by atoms with E-state index < -0.39 is 36.3 Å². The van der Waals surface area contributed by atoms with Crippen molar-refractivity contribution in [2.75, 3.05) is 11.9 Å². The molecule has 0 saturated carbocycles. The van der Waals surface area contributed by atoms with Gasteiger partial charge in [-0.3, -0.25) is 19.3 Å². The molecule has 2 aromatic carbocycles. The van der Waals surface area contributed by atoms with Crippen molar-refractivity contribution in [2.45, 2.75) is 32.2 Å². The van der Waals surface area contributed by atoms with Gasteiger partial charge < -0.3 is 10.1 Å². The van der Waals surface area contributed by atoms with Crippen LogP contribution in [0.15, 0.2) is 42.5 Å². The van der Waals surface area contributed by atoms with Crippen LogP contribution in [0.3, 0.4) is 0 Å². The van der Waals surface area contributed by atoms with E-state index in [2.05, 4.69) is 5.32 Å². The first-order valence-corrected chi connectivity index (χ1v) is 10.5. The van der Waals surface area contributed by atoms with E-state index in [0.717, 1.165) is 11.3 Å². The van der Waals surface area contributed by atoms with E-state index >= 15 is 0 Å². The molecule has 0 saturated heterocycles. The summed E-state index contributed by atoms with van der Waals surface area (Å²) in [5.74, 6) is -2.49. The molecule has 162 valence electrons. The van der Waals surface area contributed by atoms with Crippen LogP contribution in [0.1, 0.15) is 46.9 Å². The van der Waals surface area contributed by atoms with Crippen molar-refractivity contribution in [3.63, 3.8) is 0 Å². The first-order chi connectivity index (χ1) is 14.8. The summed E-state index contributed by atoms with van der Waals surface area (Å²) in [4.78, 5) is 51.3. The number of unbranched alkanes of at least 4 members (excludes halogenated alkanes) is 1. The molecular formula is C22H20Cl2N2O5. The molecule has 0 aromatic heterocycles. The van der Waals surface area contributed by atoms with Crippen LogP contribution < -0.4 is 5.32 Å². The topological polar surface area (TPSA) is 92.8 Å². The average molecular weight is 463 g/mol. The first-order valence-electron chi connectivity index (χ1n) is 9.72. The number of benzene rings is 2. The van der Waals surface area contributed by atoms with Crippen molar-refractivity contribution in [1.29, 1.82) is 0 Å². The number of imide groups is 1. The predicted octanol–water partition coefficient (Wildman–Crippen LogP) is 4.33. The van der Waals surface area contributed by atoms with Gasteiger partial charge in [0.2, 0.25) is 0 Å². The van der Waals surface area contributed by atoms with Gasteiger partial charge in [0, 0.05) is 5.69 Å². The lowest BCUT2D eigenvalue weighted by Crippen LogP contribution is -2.46. The number of hydrogen-bond acceptors (Lipinski definition) is 5. The van der Waals surface area contributed by atoms with Crippen LogP contribution in [0.25, 0.3) is 0 Å². The van der Waals surface area contributed by atoms with Crippen LogP contribution in [0, 0.1) is 0 Å². The summed E-state index contributed by atoms with van der Waals surface area (Å²) in [5, 5.41) is 3.15. The molecule has 2 aromatic rings. The number of esters is 1. The molecule has 0 aliphatic carbocycles. The molecule has 0 fully saturated rings. The molecule has 1 N–H and O–H groups in total. The molecule has 0 spiro atoms. The lowest BCUT2D eigenvalue weighted by atomic mass is 10.1. The third kappa shape index (κ3) is 5.06. The number of nitrogens with one attached hydrogen (secondary N) is 1. The van der Waals surface area contributed by atoms with E-state index in [-0.39, 0.29) is 22.6 Å².